The third-order valence-electron chi connectivity index (χ3n) is 15.4. The predicted octanol–water partition coefficient (Wildman–Crippen LogP) is 18.7. The summed E-state index contributed by atoms with van der Waals surface area (Å²) >= 11 is 0. The Bertz CT molecular complexity index is 3630. The molecule has 4 heteroatoms. The van der Waals surface area contributed by atoms with Gasteiger partial charge in [0.2, 0.25) is 0 Å². The molecule has 0 radical (unpaired) electrons. The van der Waals surface area contributed by atoms with E-state index in [1.54, 1.807) is 0 Å². The van der Waals surface area contributed by atoms with Crippen molar-refractivity contribution in [3.63, 3.8) is 0 Å². The second kappa shape index (κ2) is 18.7. The lowest BCUT2D eigenvalue weighted by Crippen LogP contribution is -2.33. The first-order valence-corrected chi connectivity index (χ1v) is 25.7. The number of aromatic nitrogens is 3. The smallest absolute Gasteiger partial charge is 0.149 e. The molecule has 4 nitrogen and oxygen atoms in total. The molecule has 73 heavy (non-hydrogen) atoms. The molecule has 0 bridgehead atoms. The van der Waals surface area contributed by atoms with Crippen molar-refractivity contribution < 1.29 is 5.11 Å². The van der Waals surface area contributed by atoms with E-state index in [2.05, 4.69) is 245 Å². The van der Waals surface area contributed by atoms with Crippen molar-refractivity contribution in [1.82, 2.24) is 14.5 Å². The van der Waals surface area contributed by atoms with E-state index in [1.165, 1.54) is 16.7 Å². The number of aromatic hydroxyl groups is 1. The Labute approximate surface area is 433 Å². The van der Waals surface area contributed by atoms with Crippen LogP contribution in [-0.4, -0.2) is 19.6 Å². The van der Waals surface area contributed by atoms with Gasteiger partial charge in [0.15, 0.2) is 0 Å². The highest BCUT2D eigenvalue weighted by molar-refractivity contribution is 5.99. The maximum Gasteiger partial charge on any atom is 0.149 e. The normalized spacial score (nSPS) is 12.4. The van der Waals surface area contributed by atoms with Crippen LogP contribution < -0.4 is 0 Å². The molecule has 0 atom stereocenters. The van der Waals surface area contributed by atoms with Crippen molar-refractivity contribution in [3.05, 3.63) is 217 Å². The van der Waals surface area contributed by atoms with Crippen LogP contribution in [0.1, 0.15) is 92.9 Å². The maximum atomic E-state index is 12.8. The van der Waals surface area contributed by atoms with Crippen molar-refractivity contribution in [2.24, 2.45) is 5.41 Å². The van der Waals surface area contributed by atoms with Crippen LogP contribution in [0.2, 0.25) is 0 Å². The van der Waals surface area contributed by atoms with Gasteiger partial charge in [0.05, 0.1) is 28.0 Å². The second-order valence-electron chi connectivity index (χ2n) is 23.3. The van der Waals surface area contributed by atoms with Crippen LogP contribution in [0.4, 0.5) is 0 Å². The number of imidazole rings is 1. The molecule has 0 saturated carbocycles. The van der Waals surface area contributed by atoms with Gasteiger partial charge < -0.3 is 5.11 Å². The molecule has 0 spiro atoms. The molecule has 2 heterocycles. The van der Waals surface area contributed by atoms with Gasteiger partial charge in [-0.3, -0.25) is 9.55 Å². The van der Waals surface area contributed by atoms with E-state index in [9.17, 15) is 5.11 Å². The van der Waals surface area contributed by atoms with E-state index in [-0.39, 0.29) is 27.4 Å². The molecule has 1 N–H and O–H groups in total. The van der Waals surface area contributed by atoms with Crippen molar-refractivity contribution in [3.8, 4) is 89.7 Å². The van der Waals surface area contributed by atoms with Crippen LogP contribution in [0.15, 0.2) is 200 Å². The molecule has 0 amide bonds. The summed E-state index contributed by atoms with van der Waals surface area (Å²) < 4.78 is 2.27. The van der Waals surface area contributed by atoms with Gasteiger partial charge in [0.25, 0.3) is 0 Å². The Hall–Kier alpha value is -7.82. The molecule has 0 unspecified atom stereocenters. The first-order valence-electron chi connectivity index (χ1n) is 25.7. The highest BCUT2D eigenvalue weighted by Crippen LogP contribution is 2.47. The average molecular weight is 954 g/mol. The second-order valence-corrected chi connectivity index (χ2v) is 23.3. The number of benzene rings is 8. The van der Waals surface area contributed by atoms with Crippen LogP contribution in [-0.2, 0) is 16.2 Å². The van der Waals surface area contributed by atoms with Crippen molar-refractivity contribution in [2.75, 3.05) is 0 Å². The number of rotatable bonds is 9. The molecule has 0 aliphatic carbocycles. The number of phenolic OH excluding ortho intramolecular Hbond substituents is 1. The number of pyridine rings is 1. The third-order valence-corrected chi connectivity index (χ3v) is 15.4. The van der Waals surface area contributed by atoms with Crippen molar-refractivity contribution in [1.29, 1.82) is 0 Å². The molecule has 2 aromatic heterocycles. The summed E-state index contributed by atoms with van der Waals surface area (Å²) in [5, 5.41) is 12.8. The van der Waals surface area contributed by atoms with Crippen LogP contribution in [0.5, 0.6) is 5.75 Å². The fourth-order valence-corrected chi connectivity index (χ4v) is 9.98. The van der Waals surface area contributed by atoms with E-state index in [1.807, 2.05) is 36.5 Å². The van der Waals surface area contributed by atoms with Gasteiger partial charge in [-0.1, -0.05) is 222 Å². The molecule has 0 fully saturated rings. The first-order chi connectivity index (χ1) is 34.8. The SMILES string of the molecule is CC(C)(C)c1cc(-c2cc(-c3ccc(C(C)(C)C(C)(C)C)cc3)ccn2)cc(-c2cccc3c2nc(-c2cccc(-c4ccccc4-c4ccccc4)c2O)n3-c2ccc(C(C)(C)C)cc2-c2ccccc2)c1. The number of hydrogen-bond donors (Lipinski definition) is 1. The number of phenols is 1. The summed E-state index contributed by atoms with van der Waals surface area (Å²) in [6.45, 7) is 25.2. The quantitative estimate of drug-likeness (QED) is 0.157. The Kier molecular flexibility index (Phi) is 12.5. The topological polar surface area (TPSA) is 50.9 Å². The zero-order valence-corrected chi connectivity index (χ0v) is 44.3. The molecule has 8 aromatic carbocycles. The summed E-state index contributed by atoms with van der Waals surface area (Å²) in [6, 6.07) is 69.0. The van der Waals surface area contributed by atoms with Crippen LogP contribution in [0.25, 0.3) is 95.0 Å². The maximum absolute atomic E-state index is 12.8. The molecular weight excluding hydrogens is 887 g/mol. The summed E-state index contributed by atoms with van der Waals surface area (Å²) in [5.74, 6) is 0.824. The Morgan fingerprint density at radius 3 is 1.60 bits per heavy atom. The fraction of sp³-hybridized carbons (Fsp3) is 0.217. The van der Waals surface area contributed by atoms with Gasteiger partial charge in [0.1, 0.15) is 11.6 Å². The van der Waals surface area contributed by atoms with E-state index in [0.29, 0.717) is 11.4 Å². The monoisotopic (exact) mass is 954 g/mol. The lowest BCUT2D eigenvalue weighted by Gasteiger charge is -2.39. The highest BCUT2D eigenvalue weighted by atomic mass is 16.3. The van der Waals surface area contributed by atoms with Gasteiger partial charge in [-0.25, -0.2) is 4.98 Å². The minimum absolute atomic E-state index is 0.0123. The standard InChI is InChI=1S/C69H67N3O/c1-66(2,3)52-36-37-61(59(44-52)47-24-16-13-17-25-47)72-62-31-21-28-55(63(62)71-65(72)58-30-20-29-57(64(58)73)56-27-19-18-26-54(56)46-22-14-12-15-23-46)49-40-50(42-53(41-49)67(4,5)6)60-43-48(38-39-70-60)45-32-34-51(35-33-45)69(10,11)68(7,8)9/h12-44,73H,1-11H3. The fourth-order valence-electron chi connectivity index (χ4n) is 9.98. The van der Waals surface area contributed by atoms with E-state index in [0.717, 1.165) is 83.6 Å². The summed E-state index contributed by atoms with van der Waals surface area (Å²) in [7, 11) is 0. The van der Waals surface area contributed by atoms with Crippen LogP contribution in [0.3, 0.4) is 0 Å². The largest absolute Gasteiger partial charge is 0.507 e. The van der Waals surface area contributed by atoms with Crippen molar-refractivity contribution in [2.45, 2.75) is 92.4 Å². The van der Waals surface area contributed by atoms with Gasteiger partial charge in [0, 0.05) is 28.5 Å². The molecule has 0 aliphatic heterocycles. The minimum Gasteiger partial charge on any atom is -0.507 e. The Balaban J connectivity index is 1.19. The number of fused-ring (bicyclic) bond motifs is 1. The molecule has 0 aliphatic rings. The van der Waals surface area contributed by atoms with Gasteiger partial charge in [-0.15, -0.1) is 0 Å². The zero-order chi connectivity index (χ0) is 51.5. The van der Waals surface area contributed by atoms with Crippen molar-refractivity contribution >= 4 is 11.0 Å². The third kappa shape index (κ3) is 9.32. The first kappa shape index (κ1) is 48.8. The zero-order valence-electron chi connectivity index (χ0n) is 44.3. The minimum atomic E-state index is -0.169. The molecule has 10 aromatic rings. The number of nitrogens with zero attached hydrogens (tertiary/aromatic N) is 3. The molecule has 364 valence electrons. The lowest BCUT2D eigenvalue weighted by atomic mass is 9.65. The Morgan fingerprint density at radius 1 is 0.384 bits per heavy atom. The molecule has 0 saturated heterocycles. The Morgan fingerprint density at radius 2 is 0.945 bits per heavy atom. The highest BCUT2D eigenvalue weighted by Gasteiger charge is 2.34. The average Bonchev–Trinajstić information content (AvgIpc) is 3.77. The van der Waals surface area contributed by atoms with E-state index >= 15 is 0 Å². The number of para-hydroxylation sites is 2. The van der Waals surface area contributed by atoms with E-state index < -0.39 is 0 Å². The molecular formula is C69H67N3O. The van der Waals surface area contributed by atoms with Gasteiger partial charge in [-0.05, 0) is 126 Å². The lowest BCUT2D eigenvalue weighted by molar-refractivity contribution is 0.225. The summed E-state index contributed by atoms with van der Waals surface area (Å²) in [6.07, 6.45) is 1.93. The predicted molar refractivity (Wildman–Crippen MR) is 308 cm³/mol. The molecule has 10 rings (SSSR count). The van der Waals surface area contributed by atoms with Crippen LogP contribution in [0, 0.1) is 5.41 Å². The van der Waals surface area contributed by atoms with Gasteiger partial charge >= 0.3 is 0 Å². The van der Waals surface area contributed by atoms with E-state index in [4.69, 9.17) is 9.97 Å². The summed E-state index contributed by atoms with van der Waals surface area (Å²) in [5.41, 5.74) is 19.3. The van der Waals surface area contributed by atoms with Gasteiger partial charge in [-0.2, -0.15) is 0 Å². The number of hydrogen-bond acceptors (Lipinski definition) is 3. The van der Waals surface area contributed by atoms with Crippen LogP contribution >= 0.6 is 0 Å². The summed E-state index contributed by atoms with van der Waals surface area (Å²) in [4.78, 5) is 10.7.